The zero-order chi connectivity index (χ0) is 20.0. The lowest BCUT2D eigenvalue weighted by Crippen LogP contribution is -2.52. The van der Waals surface area contributed by atoms with Gasteiger partial charge in [0.15, 0.2) is 0 Å². The summed E-state index contributed by atoms with van der Waals surface area (Å²) in [6.07, 6.45) is 0.613. The number of nitrogens with one attached hydrogen (secondary N) is 2. The van der Waals surface area contributed by atoms with Gasteiger partial charge in [0.05, 0.1) is 6.54 Å². The average molecular weight is 389 g/mol. The Morgan fingerprint density at radius 2 is 1.97 bits per heavy atom. The van der Waals surface area contributed by atoms with Crippen molar-refractivity contribution < 1.29 is 18.8 Å². The Morgan fingerprint density at radius 3 is 2.79 bits per heavy atom. The number of hydrogen-bond acceptors (Lipinski definition) is 5. The molecule has 7 nitrogen and oxygen atoms in total. The van der Waals surface area contributed by atoms with Gasteiger partial charge in [-0.3, -0.25) is 19.7 Å². The zero-order valence-corrected chi connectivity index (χ0v) is 15.6. The number of carbonyl (C=O) groups excluding carboxylic acids is 3. The number of amides is 3. The van der Waals surface area contributed by atoms with Gasteiger partial charge in [-0.05, 0) is 42.3 Å². The van der Waals surface area contributed by atoms with Crippen molar-refractivity contribution >= 4 is 34.4 Å². The molecule has 1 fully saturated rings. The molecule has 1 unspecified atom stereocenters. The Hall–Kier alpha value is -3.61. The molecule has 2 N–H and O–H groups in total. The van der Waals surface area contributed by atoms with Crippen LogP contribution in [0.1, 0.15) is 34.5 Å². The SMILES string of the molecule is O=C1CCC(N2Cc3cc(NCc4cc5ccccc5o4)ccc3C2=O)C(=O)N1. The van der Waals surface area contributed by atoms with Gasteiger partial charge in [0.2, 0.25) is 11.8 Å². The summed E-state index contributed by atoms with van der Waals surface area (Å²) in [6.45, 7) is 0.888. The van der Waals surface area contributed by atoms with Gasteiger partial charge in [0, 0.05) is 29.6 Å². The second-order valence-corrected chi connectivity index (χ2v) is 7.38. The summed E-state index contributed by atoms with van der Waals surface area (Å²) in [5.74, 6) is -0.0237. The van der Waals surface area contributed by atoms with Gasteiger partial charge in [0.1, 0.15) is 17.4 Å². The zero-order valence-electron chi connectivity index (χ0n) is 15.6. The second kappa shape index (κ2) is 6.77. The number of imide groups is 1. The summed E-state index contributed by atoms with van der Waals surface area (Å²) >= 11 is 0. The van der Waals surface area contributed by atoms with Crippen molar-refractivity contribution in [2.45, 2.75) is 32.0 Å². The van der Waals surface area contributed by atoms with Crippen LogP contribution < -0.4 is 10.6 Å². The molecule has 7 heteroatoms. The van der Waals surface area contributed by atoms with E-state index in [-0.39, 0.29) is 18.2 Å². The summed E-state index contributed by atoms with van der Waals surface area (Å²) in [5, 5.41) is 6.71. The van der Waals surface area contributed by atoms with Crippen molar-refractivity contribution in [3.8, 4) is 0 Å². The van der Waals surface area contributed by atoms with E-state index in [1.54, 1.807) is 11.0 Å². The van der Waals surface area contributed by atoms with Crippen LogP contribution in [-0.2, 0) is 22.7 Å². The summed E-state index contributed by atoms with van der Waals surface area (Å²) in [5.41, 5.74) is 3.20. The third-order valence-electron chi connectivity index (χ3n) is 5.47. The summed E-state index contributed by atoms with van der Waals surface area (Å²) < 4.78 is 5.82. The van der Waals surface area contributed by atoms with Crippen molar-refractivity contribution in [1.29, 1.82) is 0 Å². The molecule has 3 heterocycles. The smallest absolute Gasteiger partial charge is 0.255 e. The Bertz CT molecular complexity index is 1120. The van der Waals surface area contributed by atoms with E-state index in [0.717, 1.165) is 28.0 Å². The number of anilines is 1. The van der Waals surface area contributed by atoms with E-state index < -0.39 is 11.9 Å². The van der Waals surface area contributed by atoms with Crippen molar-refractivity contribution in [3.63, 3.8) is 0 Å². The number of piperidine rings is 1. The lowest BCUT2D eigenvalue weighted by Gasteiger charge is -2.29. The molecule has 3 aromatic rings. The first-order valence-electron chi connectivity index (χ1n) is 9.57. The van der Waals surface area contributed by atoms with Gasteiger partial charge in [-0.15, -0.1) is 0 Å². The second-order valence-electron chi connectivity index (χ2n) is 7.38. The van der Waals surface area contributed by atoms with Crippen molar-refractivity contribution in [2.75, 3.05) is 5.32 Å². The van der Waals surface area contributed by atoms with Crippen LogP contribution in [0.5, 0.6) is 0 Å². The van der Waals surface area contributed by atoms with Crippen molar-refractivity contribution in [1.82, 2.24) is 10.2 Å². The number of nitrogens with zero attached hydrogens (tertiary/aromatic N) is 1. The van der Waals surface area contributed by atoms with E-state index in [9.17, 15) is 14.4 Å². The molecule has 0 radical (unpaired) electrons. The van der Waals surface area contributed by atoms with Gasteiger partial charge in [-0.25, -0.2) is 0 Å². The highest BCUT2D eigenvalue weighted by Crippen LogP contribution is 2.29. The van der Waals surface area contributed by atoms with E-state index in [1.807, 2.05) is 42.5 Å². The normalized spacial score (nSPS) is 18.8. The van der Waals surface area contributed by atoms with Crippen molar-refractivity contribution in [3.05, 3.63) is 65.4 Å². The molecule has 0 saturated carbocycles. The third-order valence-corrected chi connectivity index (χ3v) is 5.47. The van der Waals surface area contributed by atoms with Gasteiger partial charge >= 0.3 is 0 Å². The van der Waals surface area contributed by atoms with E-state index in [4.69, 9.17) is 4.42 Å². The average Bonchev–Trinajstić information content (AvgIpc) is 3.27. The predicted octanol–water partition coefficient (Wildman–Crippen LogP) is 2.81. The lowest BCUT2D eigenvalue weighted by molar-refractivity contribution is -0.136. The van der Waals surface area contributed by atoms with Gasteiger partial charge in [-0.1, -0.05) is 18.2 Å². The molecule has 5 rings (SSSR count). The minimum Gasteiger partial charge on any atom is -0.459 e. The Morgan fingerprint density at radius 1 is 1.10 bits per heavy atom. The molecule has 2 aliphatic heterocycles. The fourth-order valence-electron chi connectivity index (χ4n) is 4.00. The Kier molecular flexibility index (Phi) is 4.08. The maximum Gasteiger partial charge on any atom is 0.255 e. The summed E-state index contributed by atoms with van der Waals surface area (Å²) in [6, 6.07) is 14.8. The molecule has 3 amide bonds. The highest BCUT2D eigenvalue weighted by atomic mass is 16.3. The third kappa shape index (κ3) is 3.14. The molecule has 2 aliphatic rings. The highest BCUT2D eigenvalue weighted by Gasteiger charge is 2.39. The number of para-hydroxylation sites is 1. The van der Waals surface area contributed by atoms with Crippen LogP contribution in [0, 0.1) is 0 Å². The Labute approximate surface area is 166 Å². The highest BCUT2D eigenvalue weighted by molar-refractivity contribution is 6.05. The lowest BCUT2D eigenvalue weighted by atomic mass is 10.0. The van der Waals surface area contributed by atoms with Crippen LogP contribution in [0.3, 0.4) is 0 Å². The number of fused-ring (bicyclic) bond motifs is 2. The van der Waals surface area contributed by atoms with E-state index >= 15 is 0 Å². The molecule has 1 aromatic heterocycles. The fourth-order valence-corrected chi connectivity index (χ4v) is 4.00. The predicted molar refractivity (Wildman–Crippen MR) is 106 cm³/mol. The maximum atomic E-state index is 12.7. The molecule has 0 spiro atoms. The van der Waals surface area contributed by atoms with E-state index in [2.05, 4.69) is 10.6 Å². The number of carbonyl (C=O) groups is 3. The van der Waals surface area contributed by atoms with Crippen LogP contribution in [0.2, 0.25) is 0 Å². The molecule has 29 heavy (non-hydrogen) atoms. The topological polar surface area (TPSA) is 91.7 Å². The summed E-state index contributed by atoms with van der Waals surface area (Å²) in [7, 11) is 0. The van der Waals surface area contributed by atoms with E-state index in [1.165, 1.54) is 0 Å². The molecule has 1 saturated heterocycles. The minimum absolute atomic E-state index is 0.168. The fraction of sp³-hybridized carbons (Fsp3) is 0.227. The molecular weight excluding hydrogens is 370 g/mol. The monoisotopic (exact) mass is 389 g/mol. The number of hydrogen-bond donors (Lipinski definition) is 2. The Balaban J connectivity index is 1.30. The van der Waals surface area contributed by atoms with Crippen LogP contribution >= 0.6 is 0 Å². The molecule has 2 aromatic carbocycles. The number of rotatable bonds is 4. The maximum absolute atomic E-state index is 12.7. The quantitative estimate of drug-likeness (QED) is 0.670. The minimum atomic E-state index is -0.598. The van der Waals surface area contributed by atoms with Gasteiger partial charge in [0.25, 0.3) is 5.91 Å². The number of benzene rings is 2. The van der Waals surface area contributed by atoms with Crippen molar-refractivity contribution in [2.24, 2.45) is 0 Å². The molecular formula is C22H19N3O4. The summed E-state index contributed by atoms with van der Waals surface area (Å²) in [4.78, 5) is 37.8. The first-order chi connectivity index (χ1) is 14.1. The van der Waals surface area contributed by atoms with Crippen LogP contribution in [-0.4, -0.2) is 28.7 Å². The standard InChI is InChI=1S/C22H19N3O4/c26-20-8-7-18(21(27)24-20)25-12-14-9-15(5-6-17(14)22(25)28)23-11-16-10-13-3-1-2-4-19(13)29-16/h1-6,9-10,18,23H,7-8,11-12H2,(H,24,26,27). The van der Waals surface area contributed by atoms with Crippen LogP contribution in [0.25, 0.3) is 11.0 Å². The largest absolute Gasteiger partial charge is 0.459 e. The number of furan rings is 1. The molecule has 1 atom stereocenters. The first-order valence-corrected chi connectivity index (χ1v) is 9.57. The van der Waals surface area contributed by atoms with Crippen LogP contribution in [0.4, 0.5) is 5.69 Å². The molecule has 0 bridgehead atoms. The molecule has 0 aliphatic carbocycles. The van der Waals surface area contributed by atoms with Gasteiger partial charge in [-0.2, -0.15) is 0 Å². The van der Waals surface area contributed by atoms with E-state index in [0.29, 0.717) is 25.1 Å². The van der Waals surface area contributed by atoms with Gasteiger partial charge < -0.3 is 14.6 Å². The first kappa shape index (κ1) is 17.5. The van der Waals surface area contributed by atoms with Crippen LogP contribution in [0.15, 0.2) is 52.9 Å². The molecule has 146 valence electrons.